The fourth-order valence-corrected chi connectivity index (χ4v) is 2.15. The molecule has 9 heteroatoms. The van der Waals surface area contributed by atoms with Gasteiger partial charge in [0.05, 0.1) is 18.4 Å². The number of thioether (sulfide) groups is 1. The summed E-state index contributed by atoms with van der Waals surface area (Å²) in [5.41, 5.74) is -2.26. The number of hydrogen-bond acceptors (Lipinski definition) is 5. The second kappa shape index (κ2) is 7.30. The molecule has 0 amide bonds. The molecule has 0 spiro atoms. The van der Waals surface area contributed by atoms with Crippen LogP contribution in [0.5, 0.6) is 5.75 Å². The molecule has 1 rings (SSSR count). The van der Waals surface area contributed by atoms with Crippen molar-refractivity contribution >= 4 is 23.5 Å². The largest absolute Gasteiger partial charge is 0.507 e. The van der Waals surface area contributed by atoms with E-state index in [9.17, 15) is 32.3 Å². The van der Waals surface area contributed by atoms with Crippen molar-refractivity contribution in [2.24, 2.45) is 0 Å². The molecule has 4 nitrogen and oxygen atoms in total. The lowest BCUT2D eigenvalue weighted by atomic mass is 10.1. The van der Waals surface area contributed by atoms with Crippen molar-refractivity contribution in [2.75, 3.05) is 12.9 Å². The minimum atomic E-state index is -5.25. The maximum absolute atomic E-state index is 13.6. The number of benzene rings is 1. The number of methoxy groups -OCH3 is 1. The third-order valence-corrected chi connectivity index (χ3v) is 3.27. The number of phenols is 1. The standard InChI is InChI=1S/C13H10F4O4S/c1-21-12(20)10(13(15,16)17)11(14)22-6-9(19)7-4-2-3-5-8(7)18/h2-5,18H,6H2,1H3/b11-10+. The Morgan fingerprint density at radius 3 is 2.36 bits per heavy atom. The van der Waals surface area contributed by atoms with Crippen LogP contribution >= 0.6 is 11.8 Å². The number of phenolic OH excluding ortho intramolecular Hbond substituents is 1. The van der Waals surface area contributed by atoms with Crippen molar-refractivity contribution in [3.8, 4) is 5.75 Å². The van der Waals surface area contributed by atoms with Crippen LogP contribution in [-0.4, -0.2) is 35.9 Å². The zero-order valence-corrected chi connectivity index (χ0v) is 11.9. The Kier molecular flexibility index (Phi) is 5.98. The van der Waals surface area contributed by atoms with Crippen LogP contribution in [0.1, 0.15) is 10.4 Å². The Morgan fingerprint density at radius 2 is 1.86 bits per heavy atom. The molecule has 0 radical (unpaired) electrons. The van der Waals surface area contributed by atoms with Gasteiger partial charge in [0.25, 0.3) is 0 Å². The maximum Gasteiger partial charge on any atom is 0.426 e. The Labute approximate surface area is 126 Å². The SMILES string of the molecule is COC(=O)/C(=C(/F)SCC(=O)c1ccccc1O)C(F)(F)F. The van der Waals surface area contributed by atoms with Crippen molar-refractivity contribution in [1.82, 2.24) is 0 Å². The number of Topliss-reactive ketones (excluding diaryl/α,β-unsaturated/α-hetero) is 1. The fraction of sp³-hybridized carbons (Fsp3) is 0.231. The minimum Gasteiger partial charge on any atom is -0.507 e. The van der Waals surface area contributed by atoms with Gasteiger partial charge in [0.2, 0.25) is 0 Å². The van der Waals surface area contributed by atoms with Crippen LogP contribution in [-0.2, 0) is 9.53 Å². The van der Waals surface area contributed by atoms with Gasteiger partial charge >= 0.3 is 12.1 Å². The molecule has 0 atom stereocenters. The Balaban J connectivity index is 2.93. The lowest BCUT2D eigenvalue weighted by molar-refractivity contribution is -0.148. The number of carbonyl (C=O) groups excluding carboxylic acids is 2. The summed E-state index contributed by atoms with van der Waals surface area (Å²) in [5, 5.41) is 7.55. The first-order valence-corrected chi connectivity index (χ1v) is 6.66. The van der Waals surface area contributed by atoms with E-state index in [1.165, 1.54) is 24.3 Å². The van der Waals surface area contributed by atoms with Crippen molar-refractivity contribution in [3.63, 3.8) is 0 Å². The van der Waals surface area contributed by atoms with Gasteiger partial charge in [-0.1, -0.05) is 23.9 Å². The molecule has 0 fully saturated rings. The second-order valence-electron chi connectivity index (χ2n) is 3.87. The van der Waals surface area contributed by atoms with E-state index in [2.05, 4.69) is 4.74 Å². The summed E-state index contributed by atoms with van der Waals surface area (Å²) in [4.78, 5) is 22.7. The summed E-state index contributed by atoms with van der Waals surface area (Å²) in [6.07, 6.45) is -5.25. The summed E-state index contributed by atoms with van der Waals surface area (Å²) in [6, 6.07) is 5.32. The van der Waals surface area contributed by atoms with E-state index >= 15 is 0 Å². The van der Waals surface area contributed by atoms with Crippen molar-refractivity contribution in [3.05, 3.63) is 40.6 Å². The molecular formula is C13H10F4O4S. The number of carbonyl (C=O) groups is 2. The number of aromatic hydroxyl groups is 1. The second-order valence-corrected chi connectivity index (χ2v) is 4.80. The molecular weight excluding hydrogens is 328 g/mol. The smallest absolute Gasteiger partial charge is 0.426 e. The average Bonchev–Trinajstić information content (AvgIpc) is 2.43. The number of halogens is 4. The predicted molar refractivity (Wildman–Crippen MR) is 71.1 cm³/mol. The van der Waals surface area contributed by atoms with E-state index in [1.807, 2.05) is 0 Å². The van der Waals surface area contributed by atoms with Crippen molar-refractivity contribution < 1.29 is 37.0 Å². The summed E-state index contributed by atoms with van der Waals surface area (Å²) in [5.74, 6) is -3.77. The zero-order chi connectivity index (χ0) is 16.9. The van der Waals surface area contributed by atoms with Crippen molar-refractivity contribution in [1.29, 1.82) is 0 Å². The molecule has 120 valence electrons. The Morgan fingerprint density at radius 1 is 1.27 bits per heavy atom. The number of ketones is 1. The molecule has 0 heterocycles. The molecule has 0 aliphatic carbocycles. The molecule has 0 unspecified atom stereocenters. The van der Waals surface area contributed by atoms with Gasteiger partial charge in [-0.2, -0.15) is 17.6 Å². The molecule has 0 aliphatic rings. The van der Waals surface area contributed by atoms with Gasteiger partial charge in [0, 0.05) is 0 Å². The highest BCUT2D eigenvalue weighted by atomic mass is 32.2. The highest BCUT2D eigenvalue weighted by Crippen LogP contribution is 2.35. The summed E-state index contributed by atoms with van der Waals surface area (Å²) >= 11 is -0.102. The van der Waals surface area contributed by atoms with Gasteiger partial charge in [0.15, 0.2) is 16.5 Å². The van der Waals surface area contributed by atoms with Crippen LogP contribution in [0.2, 0.25) is 0 Å². The lowest BCUT2D eigenvalue weighted by Gasteiger charge is -2.10. The molecule has 0 saturated carbocycles. The first-order chi connectivity index (χ1) is 10.2. The first kappa shape index (κ1) is 18.0. The summed E-state index contributed by atoms with van der Waals surface area (Å²) in [6.45, 7) is 0. The molecule has 0 aromatic heterocycles. The third kappa shape index (κ3) is 4.48. The number of alkyl halides is 3. The highest BCUT2D eigenvalue weighted by Gasteiger charge is 2.43. The van der Waals surface area contributed by atoms with Gasteiger partial charge in [0.1, 0.15) is 5.75 Å². The normalized spacial score (nSPS) is 12.6. The molecule has 0 bridgehead atoms. The number of esters is 1. The van der Waals surface area contributed by atoms with E-state index < -0.39 is 34.4 Å². The first-order valence-electron chi connectivity index (χ1n) is 5.67. The van der Waals surface area contributed by atoms with E-state index in [0.29, 0.717) is 7.11 Å². The monoisotopic (exact) mass is 338 g/mol. The Hall–Kier alpha value is -2.03. The number of ether oxygens (including phenoxy) is 1. The highest BCUT2D eigenvalue weighted by molar-refractivity contribution is 8.03. The third-order valence-electron chi connectivity index (χ3n) is 2.40. The molecule has 0 saturated heterocycles. The van der Waals surface area contributed by atoms with Crippen LogP contribution in [0, 0.1) is 0 Å². The number of rotatable bonds is 5. The van der Waals surface area contributed by atoms with E-state index in [-0.39, 0.29) is 23.1 Å². The van der Waals surface area contributed by atoms with Gasteiger partial charge in [-0.25, -0.2) is 4.79 Å². The zero-order valence-electron chi connectivity index (χ0n) is 11.1. The van der Waals surface area contributed by atoms with Crippen LogP contribution in [0.4, 0.5) is 17.6 Å². The number of hydrogen-bond donors (Lipinski definition) is 1. The molecule has 1 N–H and O–H groups in total. The molecule has 1 aromatic rings. The van der Waals surface area contributed by atoms with Gasteiger partial charge in [-0.15, -0.1) is 0 Å². The molecule has 0 aliphatic heterocycles. The molecule has 1 aromatic carbocycles. The summed E-state index contributed by atoms with van der Waals surface area (Å²) < 4.78 is 55.2. The summed E-state index contributed by atoms with van der Waals surface area (Å²) in [7, 11) is 0.680. The fourth-order valence-electron chi connectivity index (χ4n) is 1.40. The number of para-hydroxylation sites is 1. The van der Waals surface area contributed by atoms with Crippen LogP contribution < -0.4 is 0 Å². The van der Waals surface area contributed by atoms with Crippen LogP contribution in [0.3, 0.4) is 0 Å². The van der Waals surface area contributed by atoms with Gasteiger partial charge < -0.3 is 9.84 Å². The van der Waals surface area contributed by atoms with Gasteiger partial charge in [-0.05, 0) is 12.1 Å². The van der Waals surface area contributed by atoms with E-state index in [0.717, 1.165) is 0 Å². The van der Waals surface area contributed by atoms with Crippen LogP contribution in [0.25, 0.3) is 0 Å². The topological polar surface area (TPSA) is 63.6 Å². The van der Waals surface area contributed by atoms with Crippen LogP contribution in [0.15, 0.2) is 35.0 Å². The average molecular weight is 338 g/mol. The van der Waals surface area contributed by atoms with E-state index in [4.69, 9.17) is 0 Å². The van der Waals surface area contributed by atoms with Gasteiger partial charge in [-0.3, -0.25) is 4.79 Å². The predicted octanol–water partition coefficient (Wildman–Crippen LogP) is 3.22. The maximum atomic E-state index is 13.6. The van der Waals surface area contributed by atoms with Crippen molar-refractivity contribution in [2.45, 2.75) is 6.18 Å². The molecule has 22 heavy (non-hydrogen) atoms. The lowest BCUT2D eigenvalue weighted by Crippen LogP contribution is -2.22. The minimum absolute atomic E-state index is 0.102. The quantitative estimate of drug-likeness (QED) is 0.386. The Bertz CT molecular complexity index is 610. The van der Waals surface area contributed by atoms with E-state index in [1.54, 1.807) is 0 Å².